The first kappa shape index (κ1) is 55.5. The van der Waals surface area contributed by atoms with Crippen molar-refractivity contribution in [2.75, 3.05) is 19.8 Å². The third-order valence-electron chi connectivity index (χ3n) is 8.91. The molecule has 1 N–H and O–H groups in total. The molecular weight excluding hydrogens is 760 g/mol. The number of rotatable bonds is 37. The molecule has 0 aromatic heterocycles. The molecule has 8 nitrogen and oxygen atoms in total. The van der Waals surface area contributed by atoms with Gasteiger partial charge >= 0.3 is 19.8 Å². The lowest BCUT2D eigenvalue weighted by Gasteiger charge is -2.23. The maximum Gasteiger partial charge on any atom is 0.472 e. The van der Waals surface area contributed by atoms with E-state index in [0.29, 0.717) is 38.5 Å². The van der Waals surface area contributed by atoms with Crippen LogP contribution in [0.25, 0.3) is 0 Å². The first-order valence-corrected chi connectivity index (χ1v) is 23.7. The highest BCUT2D eigenvalue weighted by molar-refractivity contribution is 7.47. The summed E-state index contributed by atoms with van der Waals surface area (Å²) in [6, 6.07) is 0. The van der Waals surface area contributed by atoms with Crippen LogP contribution in [0.2, 0.25) is 0 Å². The zero-order chi connectivity index (χ0) is 43.5. The quantitative estimate of drug-likeness (QED) is 0.0374. The SMILES string of the molecule is CC/C=C\C/C=C\C/C=C\C/C=C\C/C=C\CCC(CC)C(=O)OCC(COP(=O)(O)OCCC)OC(=O)C(CC)CC/C=C\C/C=C\C/C=C\C/C=C\C/C=C\CC. The second-order valence-corrected chi connectivity index (χ2v) is 15.5. The van der Waals surface area contributed by atoms with E-state index in [0.717, 1.165) is 70.6 Å². The van der Waals surface area contributed by atoms with Gasteiger partial charge in [0, 0.05) is 0 Å². The summed E-state index contributed by atoms with van der Waals surface area (Å²) >= 11 is 0. The average molecular weight is 839 g/mol. The lowest BCUT2D eigenvalue weighted by atomic mass is 10.00. The molecule has 0 fully saturated rings. The third-order valence-corrected chi connectivity index (χ3v) is 9.89. The van der Waals surface area contributed by atoms with Crippen LogP contribution < -0.4 is 0 Å². The van der Waals surface area contributed by atoms with Crippen LogP contribution in [0, 0.1) is 11.8 Å². The number of carbonyl (C=O) groups is 2. The van der Waals surface area contributed by atoms with Crippen molar-refractivity contribution in [1.29, 1.82) is 0 Å². The molecule has 0 saturated carbocycles. The first-order chi connectivity index (χ1) is 28.7. The highest BCUT2D eigenvalue weighted by Crippen LogP contribution is 2.43. The van der Waals surface area contributed by atoms with Gasteiger partial charge in [-0.25, -0.2) is 4.57 Å². The van der Waals surface area contributed by atoms with Gasteiger partial charge < -0.3 is 14.4 Å². The van der Waals surface area contributed by atoms with Crippen molar-refractivity contribution in [3.63, 3.8) is 0 Å². The minimum Gasteiger partial charge on any atom is -0.461 e. The fraction of sp³-hybridized carbons (Fsp3) is 0.560. The molecule has 0 rings (SSSR count). The largest absolute Gasteiger partial charge is 0.472 e. The van der Waals surface area contributed by atoms with E-state index in [-0.39, 0.29) is 25.0 Å². The molecule has 4 unspecified atom stereocenters. The number of hydrogen-bond donors (Lipinski definition) is 1. The Bertz CT molecular complexity index is 1400. The highest BCUT2D eigenvalue weighted by Gasteiger charge is 2.28. The molecule has 332 valence electrons. The summed E-state index contributed by atoms with van der Waals surface area (Å²) in [6.45, 7) is 9.23. The molecule has 0 spiro atoms. The summed E-state index contributed by atoms with van der Waals surface area (Å²) in [6.07, 6.45) is 55.7. The van der Waals surface area contributed by atoms with E-state index in [1.54, 1.807) is 6.92 Å². The molecule has 0 aliphatic carbocycles. The Balaban J connectivity index is 4.89. The van der Waals surface area contributed by atoms with Gasteiger partial charge in [0.25, 0.3) is 0 Å². The number of allylic oxidation sites excluding steroid dienone is 20. The molecule has 4 atom stereocenters. The molecule has 0 radical (unpaired) electrons. The molecule has 0 aromatic rings. The molecule has 0 amide bonds. The number of esters is 2. The molecule has 0 aromatic carbocycles. The summed E-state index contributed by atoms with van der Waals surface area (Å²) in [7, 11) is -4.37. The molecule has 0 aliphatic heterocycles. The van der Waals surface area contributed by atoms with Gasteiger partial charge in [0.2, 0.25) is 0 Å². The molecule has 0 bridgehead atoms. The van der Waals surface area contributed by atoms with Crippen molar-refractivity contribution < 1.29 is 37.6 Å². The van der Waals surface area contributed by atoms with Gasteiger partial charge in [0.05, 0.1) is 25.0 Å². The van der Waals surface area contributed by atoms with Gasteiger partial charge in [-0.15, -0.1) is 0 Å². The van der Waals surface area contributed by atoms with Gasteiger partial charge in [-0.1, -0.05) is 156 Å². The van der Waals surface area contributed by atoms with Crippen LogP contribution in [0.15, 0.2) is 122 Å². The second-order valence-electron chi connectivity index (χ2n) is 14.1. The van der Waals surface area contributed by atoms with Crippen LogP contribution in [-0.4, -0.2) is 42.8 Å². The fourth-order valence-electron chi connectivity index (χ4n) is 5.40. The molecule has 59 heavy (non-hydrogen) atoms. The molecular formula is C50H79O8P. The van der Waals surface area contributed by atoms with Crippen LogP contribution in [0.5, 0.6) is 0 Å². The van der Waals surface area contributed by atoms with Crippen molar-refractivity contribution in [2.24, 2.45) is 11.8 Å². The maximum absolute atomic E-state index is 13.2. The number of phosphoric ester groups is 1. The Morgan fingerprint density at radius 3 is 1.20 bits per heavy atom. The lowest BCUT2D eigenvalue weighted by molar-refractivity contribution is -0.166. The Morgan fingerprint density at radius 1 is 0.492 bits per heavy atom. The summed E-state index contributed by atoms with van der Waals surface area (Å²) < 4.78 is 33.8. The minimum atomic E-state index is -4.37. The van der Waals surface area contributed by atoms with Crippen molar-refractivity contribution >= 4 is 19.8 Å². The predicted molar refractivity (Wildman–Crippen MR) is 248 cm³/mol. The molecule has 0 saturated heterocycles. The number of phosphoric acid groups is 1. The van der Waals surface area contributed by atoms with Crippen LogP contribution in [0.4, 0.5) is 0 Å². The topological polar surface area (TPSA) is 108 Å². The molecule has 9 heteroatoms. The van der Waals surface area contributed by atoms with Crippen molar-refractivity contribution in [3.8, 4) is 0 Å². The number of hydrogen-bond acceptors (Lipinski definition) is 7. The first-order valence-electron chi connectivity index (χ1n) is 22.2. The Hall–Kier alpha value is -3.55. The Kier molecular flexibility index (Phi) is 38.7. The standard InChI is InChI=1S/C50H79O8P/c1-6-11-13-15-17-19-21-23-25-27-29-31-33-35-37-39-41-46(9-4)49(51)55-44-48(45-57-59(53,54)56-43-8-3)58-50(52)47(10-5)42-40-38-36-34-32-30-28-26-24-22-20-18-16-14-12-7-2/h11-14,17-20,23-26,29-32,35-38,46-48H,6-10,15-16,21-22,27-28,33-34,39-45H2,1-5H3,(H,53,54)/b13-11-,14-12-,19-17-,20-18-,25-23-,26-24-,31-29-,32-30-,37-35-,38-36-. The van der Waals surface area contributed by atoms with Gasteiger partial charge in [-0.05, 0) is 109 Å². The van der Waals surface area contributed by atoms with E-state index in [1.807, 2.05) is 13.8 Å². The summed E-state index contributed by atoms with van der Waals surface area (Å²) in [4.78, 5) is 36.4. The van der Waals surface area contributed by atoms with Crippen molar-refractivity contribution in [2.45, 2.75) is 150 Å². The smallest absolute Gasteiger partial charge is 0.461 e. The van der Waals surface area contributed by atoms with Gasteiger partial charge in [0.15, 0.2) is 6.10 Å². The summed E-state index contributed by atoms with van der Waals surface area (Å²) in [5, 5.41) is 0. The minimum absolute atomic E-state index is 0.0387. The van der Waals surface area contributed by atoms with E-state index < -0.39 is 32.5 Å². The van der Waals surface area contributed by atoms with Crippen LogP contribution in [-0.2, 0) is 32.7 Å². The maximum atomic E-state index is 13.2. The van der Waals surface area contributed by atoms with E-state index in [1.165, 1.54) is 0 Å². The van der Waals surface area contributed by atoms with Gasteiger partial charge in [-0.3, -0.25) is 18.6 Å². The highest BCUT2D eigenvalue weighted by atomic mass is 31.2. The Labute approximate surface area is 359 Å². The third kappa shape index (κ3) is 36.1. The predicted octanol–water partition coefficient (Wildman–Crippen LogP) is 14.1. The number of carbonyl (C=O) groups excluding carboxylic acids is 2. The monoisotopic (exact) mass is 839 g/mol. The van der Waals surface area contributed by atoms with Crippen LogP contribution in [0.1, 0.15) is 144 Å². The number of ether oxygens (including phenoxy) is 2. The fourth-order valence-corrected chi connectivity index (χ4v) is 6.24. The van der Waals surface area contributed by atoms with E-state index in [2.05, 4.69) is 135 Å². The van der Waals surface area contributed by atoms with E-state index in [9.17, 15) is 19.0 Å². The zero-order valence-corrected chi connectivity index (χ0v) is 38.1. The van der Waals surface area contributed by atoms with Crippen LogP contribution >= 0.6 is 7.82 Å². The average Bonchev–Trinajstić information content (AvgIpc) is 3.23. The van der Waals surface area contributed by atoms with Gasteiger partial charge in [0.1, 0.15) is 6.61 Å². The van der Waals surface area contributed by atoms with Gasteiger partial charge in [-0.2, -0.15) is 0 Å². The Morgan fingerprint density at radius 2 is 0.847 bits per heavy atom. The second kappa shape index (κ2) is 41.2. The summed E-state index contributed by atoms with van der Waals surface area (Å²) in [5.41, 5.74) is 0. The lowest BCUT2D eigenvalue weighted by Crippen LogP contribution is -2.33. The molecule has 0 heterocycles. The van der Waals surface area contributed by atoms with E-state index in [4.69, 9.17) is 18.5 Å². The van der Waals surface area contributed by atoms with Crippen molar-refractivity contribution in [1.82, 2.24) is 0 Å². The van der Waals surface area contributed by atoms with E-state index >= 15 is 0 Å². The van der Waals surface area contributed by atoms with Crippen molar-refractivity contribution in [3.05, 3.63) is 122 Å². The van der Waals surface area contributed by atoms with Crippen LogP contribution in [0.3, 0.4) is 0 Å². The summed E-state index contributed by atoms with van der Waals surface area (Å²) in [5.74, 6) is -1.59. The zero-order valence-electron chi connectivity index (χ0n) is 37.2. The normalized spacial score (nSPS) is 15.6. The molecule has 0 aliphatic rings.